The molecule has 2 aliphatic rings. The number of amides is 1. The average Bonchev–Trinajstić information content (AvgIpc) is 3.76. The van der Waals surface area contributed by atoms with Crippen LogP contribution in [0.2, 0.25) is 36.3 Å². The maximum absolute atomic E-state index is 12.6. The van der Waals surface area contributed by atoms with Crippen molar-refractivity contribution in [1.82, 2.24) is 4.90 Å². The van der Waals surface area contributed by atoms with Gasteiger partial charge in [0, 0.05) is 18.0 Å². The number of benzene rings is 2. The van der Waals surface area contributed by atoms with Crippen LogP contribution in [-0.2, 0) is 50.6 Å². The van der Waals surface area contributed by atoms with Crippen LogP contribution in [-0.4, -0.2) is 90.2 Å². The second-order valence-electron chi connectivity index (χ2n) is 16.1. The molecule has 312 valence electrons. The van der Waals surface area contributed by atoms with Crippen LogP contribution in [0.3, 0.4) is 0 Å². The van der Waals surface area contributed by atoms with E-state index in [1.54, 1.807) is 6.08 Å². The predicted molar refractivity (Wildman–Crippen MR) is 226 cm³/mol. The number of aliphatic imine (C=N–C) groups is 1. The van der Waals surface area contributed by atoms with Gasteiger partial charge in [-0.25, -0.2) is 19.2 Å². The van der Waals surface area contributed by atoms with Crippen molar-refractivity contribution in [3.05, 3.63) is 83.6 Å². The van der Waals surface area contributed by atoms with Crippen LogP contribution in [0.1, 0.15) is 66.5 Å². The van der Waals surface area contributed by atoms with Crippen molar-refractivity contribution in [3.63, 3.8) is 0 Å². The molecule has 0 N–H and O–H groups in total. The molecule has 0 spiro atoms. The summed E-state index contributed by atoms with van der Waals surface area (Å²) in [5.74, 6) is -0.903. The number of hydrogen-bond donors (Lipinski definition) is 0. The summed E-state index contributed by atoms with van der Waals surface area (Å²) in [6.07, 6.45) is 1.35. The molecule has 0 saturated carbocycles. The fourth-order valence-electron chi connectivity index (χ4n) is 4.69. The van der Waals surface area contributed by atoms with Gasteiger partial charge in [-0.2, -0.15) is 0 Å². The first-order chi connectivity index (χ1) is 25.5. The Bertz CT molecular complexity index is 1640. The van der Waals surface area contributed by atoms with Gasteiger partial charge in [0.2, 0.25) is 0 Å². The number of halogens is 1. The minimum absolute atomic E-state index is 0. The van der Waals surface area contributed by atoms with Crippen molar-refractivity contribution in [2.24, 2.45) is 4.99 Å². The number of carbonyl (C=O) groups is 4. The van der Waals surface area contributed by atoms with E-state index in [-0.39, 0.29) is 61.1 Å². The van der Waals surface area contributed by atoms with Gasteiger partial charge in [0.05, 0.1) is 39.5 Å². The molecule has 2 aromatic rings. The average molecular weight is 836 g/mol. The van der Waals surface area contributed by atoms with Crippen LogP contribution in [0.25, 0.3) is 0 Å². The lowest BCUT2D eigenvalue weighted by Gasteiger charge is -2.38. The minimum Gasteiger partial charge on any atom is -0.465 e. The van der Waals surface area contributed by atoms with Gasteiger partial charge < -0.3 is 27.8 Å². The number of esters is 2. The molecule has 0 bridgehead atoms. The van der Waals surface area contributed by atoms with Gasteiger partial charge in [-0.15, -0.1) is 0 Å². The van der Waals surface area contributed by atoms with Crippen molar-refractivity contribution in [3.8, 4) is 0 Å². The molecule has 15 heteroatoms. The number of methoxy groups -OCH3 is 2. The van der Waals surface area contributed by atoms with E-state index in [0.717, 1.165) is 11.1 Å². The van der Waals surface area contributed by atoms with Crippen molar-refractivity contribution >= 4 is 57.4 Å². The van der Waals surface area contributed by atoms with Crippen molar-refractivity contribution in [2.75, 3.05) is 27.3 Å². The molecule has 12 nitrogen and oxygen atoms in total. The van der Waals surface area contributed by atoms with Gasteiger partial charge in [0.15, 0.2) is 16.6 Å². The highest BCUT2D eigenvalue weighted by molar-refractivity contribution is 6.74. The van der Waals surface area contributed by atoms with Gasteiger partial charge in [-0.1, -0.05) is 110 Å². The summed E-state index contributed by atoms with van der Waals surface area (Å²) in [5, 5.41) is 0.203. The highest BCUT2D eigenvalue weighted by Crippen LogP contribution is 2.39. The summed E-state index contributed by atoms with van der Waals surface area (Å²) >= 11 is 4.97. The zero-order valence-corrected chi connectivity index (χ0v) is 37.2. The maximum Gasteiger partial charge on any atom is 0.414 e. The van der Waals surface area contributed by atoms with Crippen molar-refractivity contribution in [2.45, 2.75) is 117 Å². The Hall–Kier alpha value is -3.83. The van der Waals surface area contributed by atoms with Crippen LogP contribution in [0.5, 0.6) is 0 Å². The molecule has 56 heavy (non-hydrogen) atoms. The zero-order valence-electron chi connectivity index (χ0n) is 34.4. The first-order valence-corrected chi connectivity index (χ1v) is 24.3. The summed E-state index contributed by atoms with van der Waals surface area (Å²) < 4.78 is 32.0. The molecule has 4 rings (SSSR count). The first kappa shape index (κ1) is 50.2. The quantitative estimate of drug-likeness (QED) is 0.0984. The zero-order chi connectivity index (χ0) is 41.6. The molecule has 0 fully saturated rings. The van der Waals surface area contributed by atoms with Crippen molar-refractivity contribution in [1.29, 1.82) is 0 Å². The lowest BCUT2D eigenvalue weighted by atomic mass is 10.2. The molecule has 2 atom stereocenters. The first-order valence-electron chi connectivity index (χ1n) is 18.1. The molecular formula is C41H63ClN2O10Si2. The smallest absolute Gasteiger partial charge is 0.414 e. The molecule has 0 saturated heterocycles. The minimum atomic E-state index is -2.06. The SMILES string of the molecule is C.COC(=O)C1=C[C@@H](O[Si](C)(C)C(C)(C)C)CN1C(=O)OCc1ccccc1.COC(=O)C1=NC[C@H](O[Si](C)(C)C(C)(C)C)C1.O=C(Cl)OCc1ccccc1. The summed E-state index contributed by atoms with van der Waals surface area (Å²) in [7, 11) is -1.15. The highest BCUT2D eigenvalue weighted by atomic mass is 35.5. The van der Waals surface area contributed by atoms with Crippen LogP contribution >= 0.6 is 11.6 Å². The van der Waals surface area contributed by atoms with Crippen LogP contribution in [0.4, 0.5) is 9.59 Å². The molecule has 2 aliphatic heterocycles. The molecule has 2 aromatic carbocycles. The van der Waals surface area contributed by atoms with Crippen LogP contribution in [0.15, 0.2) is 77.4 Å². The Balaban J connectivity index is 0.000000461. The molecule has 2 heterocycles. The Morgan fingerprint density at radius 3 is 1.66 bits per heavy atom. The van der Waals surface area contributed by atoms with E-state index in [9.17, 15) is 19.2 Å². The molecule has 1 amide bonds. The van der Waals surface area contributed by atoms with Gasteiger partial charge >= 0.3 is 23.5 Å². The summed E-state index contributed by atoms with van der Waals surface area (Å²) in [6.45, 7) is 22.9. The largest absolute Gasteiger partial charge is 0.465 e. The predicted octanol–water partition coefficient (Wildman–Crippen LogP) is 9.68. The van der Waals surface area contributed by atoms with Crippen molar-refractivity contribution < 1.29 is 47.0 Å². The third-order valence-corrected chi connectivity index (χ3v) is 19.0. The molecule has 0 aliphatic carbocycles. The van der Waals surface area contributed by atoms with Gasteiger partial charge in [-0.3, -0.25) is 9.89 Å². The Morgan fingerprint density at radius 1 is 0.750 bits per heavy atom. The number of ether oxygens (including phenoxy) is 4. The third kappa shape index (κ3) is 16.0. The fourth-order valence-corrected chi connectivity index (χ4v) is 7.34. The maximum atomic E-state index is 12.6. The van der Waals surface area contributed by atoms with E-state index in [0.29, 0.717) is 18.7 Å². The van der Waals surface area contributed by atoms with E-state index < -0.39 is 34.1 Å². The fraction of sp³-hybridized carbons (Fsp3) is 0.537. The highest BCUT2D eigenvalue weighted by Gasteiger charge is 2.43. The molecular weight excluding hydrogens is 772 g/mol. The van der Waals surface area contributed by atoms with E-state index in [1.807, 2.05) is 60.7 Å². The number of rotatable bonds is 10. The van der Waals surface area contributed by atoms with E-state index >= 15 is 0 Å². The standard InChI is InChI=1S/C20H29NO5Si.C12H23NO3Si.C8H7ClO2.CH4/c1-20(2,3)27(5,6)26-16-12-17(18(22)24-4)21(13-16)19(23)25-14-15-10-8-7-9-11-15;1-12(2,3)17(5,6)16-9-7-10(13-8-9)11(14)15-4;9-8(10)11-6-7-4-2-1-3-5-7;/h7-12,16H,13-14H2,1-6H3;9H,7-8H2,1-6H3;1-5H,6H2;1H4/t16-;9-;;/m11../s1. The van der Waals surface area contributed by atoms with E-state index in [2.05, 4.69) is 82.2 Å². The second kappa shape index (κ2) is 22.2. The number of hydrogen-bond acceptors (Lipinski definition) is 11. The Morgan fingerprint density at radius 2 is 1.21 bits per heavy atom. The van der Waals surface area contributed by atoms with Gasteiger partial charge in [-0.05, 0) is 53.5 Å². The number of nitrogens with zero attached hydrogens (tertiary/aromatic N) is 2. The summed E-state index contributed by atoms with van der Waals surface area (Å²) in [6, 6.07) is 18.8. The lowest BCUT2D eigenvalue weighted by molar-refractivity contribution is -0.137. The normalized spacial score (nSPS) is 16.7. The Kier molecular flexibility index (Phi) is 19.9. The second-order valence-corrected chi connectivity index (χ2v) is 25.9. The summed E-state index contributed by atoms with van der Waals surface area (Å²) in [4.78, 5) is 51.7. The van der Waals surface area contributed by atoms with Gasteiger partial charge in [0.25, 0.3) is 0 Å². The molecule has 0 aromatic heterocycles. The summed E-state index contributed by atoms with van der Waals surface area (Å²) in [5.41, 5.74) is 1.72. The Labute approximate surface area is 341 Å². The van der Waals surface area contributed by atoms with Gasteiger partial charge in [0.1, 0.15) is 24.6 Å². The van der Waals surface area contributed by atoms with Crippen LogP contribution in [0, 0.1) is 0 Å². The number of carbonyl (C=O) groups excluding carboxylic acids is 4. The van der Waals surface area contributed by atoms with E-state index in [1.165, 1.54) is 19.1 Å². The molecule has 0 radical (unpaired) electrons. The monoisotopic (exact) mass is 834 g/mol. The lowest BCUT2D eigenvalue weighted by Crippen LogP contribution is -2.45. The van der Waals surface area contributed by atoms with E-state index in [4.69, 9.17) is 29.9 Å². The third-order valence-electron chi connectivity index (χ3n) is 9.86. The van der Waals surface area contributed by atoms with Crippen LogP contribution < -0.4 is 0 Å². The topological polar surface area (TPSA) is 139 Å². The molecule has 0 unspecified atom stereocenters.